The highest BCUT2D eigenvalue weighted by atomic mass is 35.5. The lowest BCUT2D eigenvalue weighted by molar-refractivity contribution is -0.113. The van der Waals surface area contributed by atoms with Crippen LogP contribution in [0, 0.1) is 6.92 Å². The Labute approximate surface area is 172 Å². The summed E-state index contributed by atoms with van der Waals surface area (Å²) in [6, 6.07) is 5.27. The second kappa shape index (κ2) is 7.74. The lowest BCUT2D eigenvalue weighted by atomic mass is 10.2. The van der Waals surface area contributed by atoms with Crippen LogP contribution in [0.15, 0.2) is 45.9 Å². The van der Waals surface area contributed by atoms with Crippen molar-refractivity contribution < 1.29 is 4.79 Å². The Hall–Kier alpha value is -2.69. The molecule has 0 unspecified atom stereocenters. The van der Waals surface area contributed by atoms with E-state index in [1.807, 2.05) is 6.92 Å². The van der Waals surface area contributed by atoms with E-state index in [1.165, 1.54) is 22.1 Å². The highest BCUT2D eigenvalue weighted by Crippen LogP contribution is 2.24. The van der Waals surface area contributed by atoms with Gasteiger partial charge in [0.15, 0.2) is 15.9 Å². The zero-order chi connectivity index (χ0) is 19.7. The molecule has 0 aliphatic carbocycles. The van der Waals surface area contributed by atoms with Gasteiger partial charge in [0.2, 0.25) is 5.91 Å². The highest BCUT2D eigenvalue weighted by molar-refractivity contribution is 7.99. The van der Waals surface area contributed by atoms with Crippen LogP contribution in [0.5, 0.6) is 0 Å². The summed E-state index contributed by atoms with van der Waals surface area (Å²) >= 11 is 8.60. The molecule has 2 N–H and O–H groups in total. The van der Waals surface area contributed by atoms with Gasteiger partial charge in [0, 0.05) is 16.6 Å². The van der Waals surface area contributed by atoms with Crippen LogP contribution >= 0.6 is 34.7 Å². The zero-order valence-corrected chi connectivity index (χ0v) is 16.9. The first-order valence-corrected chi connectivity index (χ1v) is 10.3. The van der Waals surface area contributed by atoms with Crippen molar-refractivity contribution in [2.45, 2.75) is 12.1 Å². The number of nitrogens with one attached hydrogen (secondary N) is 2. The van der Waals surface area contributed by atoms with E-state index in [1.54, 1.807) is 29.8 Å². The number of nitrogens with zero attached hydrogens (tertiary/aromatic N) is 4. The van der Waals surface area contributed by atoms with E-state index in [9.17, 15) is 9.59 Å². The van der Waals surface area contributed by atoms with Crippen LogP contribution < -0.4 is 10.9 Å². The van der Waals surface area contributed by atoms with E-state index >= 15 is 0 Å². The Morgan fingerprint density at radius 1 is 1.43 bits per heavy atom. The number of hydrogen-bond donors (Lipinski definition) is 2. The number of carbonyl (C=O) groups is 1. The fourth-order valence-corrected chi connectivity index (χ4v) is 4.01. The van der Waals surface area contributed by atoms with Gasteiger partial charge >= 0.3 is 0 Å². The molecule has 0 aliphatic heterocycles. The average Bonchev–Trinajstić information content (AvgIpc) is 3.34. The van der Waals surface area contributed by atoms with Gasteiger partial charge in [-0.25, -0.2) is 9.97 Å². The molecule has 8 nitrogen and oxygen atoms in total. The molecule has 11 heteroatoms. The molecule has 1 amide bonds. The van der Waals surface area contributed by atoms with Gasteiger partial charge in [-0.1, -0.05) is 23.4 Å². The lowest BCUT2D eigenvalue weighted by Crippen LogP contribution is -2.22. The molecule has 0 saturated carbocycles. The van der Waals surface area contributed by atoms with E-state index in [2.05, 4.69) is 25.5 Å². The number of aryl methyl sites for hydroxylation is 1. The number of H-pyrrole nitrogens is 1. The Kier molecular flexibility index (Phi) is 5.16. The molecular formula is C17H13ClN6O2S2. The molecule has 4 rings (SSSR count). The monoisotopic (exact) mass is 432 g/mol. The molecule has 142 valence electrons. The molecule has 4 aromatic rings. The smallest absolute Gasteiger partial charge is 0.269 e. The third-order valence-corrected chi connectivity index (χ3v) is 5.91. The van der Waals surface area contributed by atoms with Gasteiger partial charge in [-0.15, -0.1) is 11.3 Å². The number of thioether (sulfide) groups is 1. The van der Waals surface area contributed by atoms with Crippen LogP contribution in [0.25, 0.3) is 16.7 Å². The van der Waals surface area contributed by atoms with Gasteiger partial charge in [0.25, 0.3) is 5.56 Å². The minimum atomic E-state index is -0.275. The molecule has 1 aromatic carbocycles. The Morgan fingerprint density at radius 2 is 2.29 bits per heavy atom. The molecule has 0 atom stereocenters. The molecule has 0 saturated heterocycles. The molecule has 3 aromatic heterocycles. The van der Waals surface area contributed by atoms with Crippen LogP contribution in [-0.2, 0) is 4.79 Å². The summed E-state index contributed by atoms with van der Waals surface area (Å²) in [6.07, 6.45) is 3.05. The maximum absolute atomic E-state index is 13.0. The summed E-state index contributed by atoms with van der Waals surface area (Å²) in [7, 11) is 0. The van der Waals surface area contributed by atoms with Crippen molar-refractivity contribution in [3.8, 4) is 5.69 Å². The number of carbonyl (C=O) groups excluding carboxylic acids is 1. The highest BCUT2D eigenvalue weighted by Gasteiger charge is 2.16. The van der Waals surface area contributed by atoms with Crippen molar-refractivity contribution in [3.05, 3.63) is 56.9 Å². The number of fused-ring (bicyclic) bond motifs is 1. The largest absolute Gasteiger partial charge is 0.301 e. The number of benzene rings is 1. The van der Waals surface area contributed by atoms with Gasteiger partial charge in [0.1, 0.15) is 5.39 Å². The van der Waals surface area contributed by atoms with Gasteiger partial charge in [-0.2, -0.15) is 5.10 Å². The maximum Gasteiger partial charge on any atom is 0.269 e. The van der Waals surface area contributed by atoms with E-state index < -0.39 is 0 Å². The van der Waals surface area contributed by atoms with Crippen molar-refractivity contribution in [2.24, 2.45) is 0 Å². The van der Waals surface area contributed by atoms with Gasteiger partial charge in [-0.3, -0.25) is 19.3 Å². The van der Waals surface area contributed by atoms with Crippen molar-refractivity contribution in [2.75, 3.05) is 11.1 Å². The number of hydrogen-bond acceptors (Lipinski definition) is 7. The predicted octanol–water partition coefficient (Wildman–Crippen LogP) is 3.26. The van der Waals surface area contributed by atoms with Crippen LogP contribution in [0.2, 0.25) is 5.02 Å². The second-order valence-electron chi connectivity index (χ2n) is 5.77. The Morgan fingerprint density at radius 3 is 3.04 bits per heavy atom. The second-order valence-corrected chi connectivity index (χ2v) is 8.02. The van der Waals surface area contributed by atoms with Crippen molar-refractivity contribution in [1.29, 1.82) is 0 Å². The number of amides is 1. The van der Waals surface area contributed by atoms with E-state index in [-0.39, 0.29) is 17.2 Å². The number of halogens is 1. The summed E-state index contributed by atoms with van der Waals surface area (Å²) in [4.78, 5) is 33.7. The fourth-order valence-electron chi connectivity index (χ4n) is 2.54. The first-order chi connectivity index (χ1) is 13.5. The standard InChI is InChI=1S/C17H13ClN6O2S2/c1-9-6-10(2-3-12(9)18)24-15(26)11-7-20-23-14(11)22-17(24)28-8-13(25)21-16-19-4-5-27-16/h2-7H,8H2,1H3,(H,20,23)(H,19,21,25). The third-order valence-electron chi connectivity index (χ3n) is 3.86. The summed E-state index contributed by atoms with van der Waals surface area (Å²) in [5.74, 6) is -0.171. The predicted molar refractivity (Wildman–Crippen MR) is 111 cm³/mol. The average molecular weight is 433 g/mol. The van der Waals surface area contributed by atoms with E-state index in [0.717, 1.165) is 17.3 Å². The van der Waals surface area contributed by atoms with E-state index in [0.29, 0.717) is 32.0 Å². The van der Waals surface area contributed by atoms with Crippen LogP contribution in [-0.4, -0.2) is 36.4 Å². The van der Waals surface area contributed by atoms with Crippen LogP contribution in [0.3, 0.4) is 0 Å². The van der Waals surface area contributed by atoms with Crippen molar-refractivity contribution in [3.63, 3.8) is 0 Å². The normalized spacial score (nSPS) is 11.1. The molecule has 0 aliphatic rings. The quantitative estimate of drug-likeness (QED) is 0.370. The topological polar surface area (TPSA) is 106 Å². The number of aromatic nitrogens is 5. The summed E-state index contributed by atoms with van der Waals surface area (Å²) in [5.41, 5.74) is 1.54. The van der Waals surface area contributed by atoms with Crippen LogP contribution in [0.4, 0.5) is 5.13 Å². The number of anilines is 1. The van der Waals surface area contributed by atoms with Gasteiger partial charge < -0.3 is 5.32 Å². The molecular weight excluding hydrogens is 420 g/mol. The SMILES string of the molecule is Cc1cc(-n2c(SCC(=O)Nc3nccs3)nc3[nH]ncc3c2=O)ccc1Cl. The van der Waals surface area contributed by atoms with Gasteiger partial charge in [-0.05, 0) is 30.7 Å². The van der Waals surface area contributed by atoms with E-state index in [4.69, 9.17) is 11.6 Å². The van der Waals surface area contributed by atoms with Crippen molar-refractivity contribution in [1.82, 2.24) is 24.7 Å². The first-order valence-electron chi connectivity index (χ1n) is 8.08. The third kappa shape index (κ3) is 3.66. The fraction of sp³-hybridized carbons (Fsp3) is 0.118. The summed E-state index contributed by atoms with van der Waals surface area (Å²) in [6.45, 7) is 1.86. The van der Waals surface area contributed by atoms with Gasteiger partial charge in [0.05, 0.1) is 17.6 Å². The maximum atomic E-state index is 13.0. The van der Waals surface area contributed by atoms with Crippen molar-refractivity contribution >= 4 is 56.8 Å². The Bertz CT molecular complexity index is 1220. The van der Waals surface area contributed by atoms with Crippen LogP contribution in [0.1, 0.15) is 5.56 Å². The first kappa shape index (κ1) is 18.7. The number of thiazole rings is 1. The lowest BCUT2D eigenvalue weighted by Gasteiger charge is -2.12. The molecule has 0 fully saturated rings. The Balaban J connectivity index is 1.71. The minimum absolute atomic E-state index is 0.0677. The molecule has 28 heavy (non-hydrogen) atoms. The molecule has 3 heterocycles. The number of aromatic amines is 1. The molecule has 0 radical (unpaired) electrons. The zero-order valence-electron chi connectivity index (χ0n) is 14.5. The molecule has 0 bridgehead atoms. The molecule has 0 spiro atoms. The minimum Gasteiger partial charge on any atom is -0.301 e. The summed E-state index contributed by atoms with van der Waals surface area (Å²) < 4.78 is 1.46. The number of rotatable bonds is 5. The summed E-state index contributed by atoms with van der Waals surface area (Å²) in [5, 5.41) is 13.0.